The molecule has 9 nitrogen and oxygen atoms in total. The molecule has 0 spiro atoms. The van der Waals surface area contributed by atoms with Gasteiger partial charge in [0.1, 0.15) is 0 Å². The van der Waals surface area contributed by atoms with Gasteiger partial charge in [0.05, 0.1) is 11.4 Å². The molecule has 1 unspecified atom stereocenters. The lowest BCUT2D eigenvalue weighted by Gasteiger charge is -2.32. The molecular formula is C25H31N5O4. The van der Waals surface area contributed by atoms with Crippen LogP contribution < -0.4 is 16.4 Å². The van der Waals surface area contributed by atoms with Crippen molar-refractivity contribution in [3.8, 4) is 0 Å². The van der Waals surface area contributed by atoms with Crippen LogP contribution in [0.15, 0.2) is 51.7 Å². The molecule has 2 heterocycles. The highest BCUT2D eigenvalue weighted by Crippen LogP contribution is 2.23. The van der Waals surface area contributed by atoms with Crippen LogP contribution in [0.25, 0.3) is 11.1 Å². The quantitative estimate of drug-likeness (QED) is 0.582. The van der Waals surface area contributed by atoms with E-state index < -0.39 is 5.76 Å². The predicted molar refractivity (Wildman–Crippen MR) is 132 cm³/mol. The number of hydrogen-bond acceptors (Lipinski definition) is 5. The molecule has 180 valence electrons. The lowest BCUT2D eigenvalue weighted by Crippen LogP contribution is -2.45. The number of hydrogen-bond donors (Lipinski definition) is 2. The van der Waals surface area contributed by atoms with Crippen LogP contribution in [-0.2, 0) is 11.3 Å². The number of aromatic nitrogens is 1. The first-order valence-electron chi connectivity index (χ1n) is 11.5. The van der Waals surface area contributed by atoms with E-state index in [4.69, 9.17) is 4.42 Å². The van der Waals surface area contributed by atoms with Gasteiger partial charge in [0.15, 0.2) is 5.58 Å². The zero-order valence-corrected chi connectivity index (χ0v) is 19.8. The third kappa shape index (κ3) is 5.48. The average molecular weight is 466 g/mol. The van der Waals surface area contributed by atoms with Gasteiger partial charge in [-0.1, -0.05) is 12.1 Å². The number of likely N-dealkylation sites (N-methyl/N-ethyl adjacent to an activating group) is 1. The van der Waals surface area contributed by atoms with Gasteiger partial charge in [-0.25, -0.2) is 9.59 Å². The van der Waals surface area contributed by atoms with Gasteiger partial charge in [0.2, 0.25) is 5.91 Å². The Kier molecular flexibility index (Phi) is 7.02. The van der Waals surface area contributed by atoms with Gasteiger partial charge in [-0.15, -0.1) is 0 Å². The van der Waals surface area contributed by atoms with Crippen LogP contribution in [-0.4, -0.2) is 60.0 Å². The van der Waals surface area contributed by atoms with Gasteiger partial charge < -0.3 is 24.9 Å². The molecule has 0 aliphatic carbocycles. The maximum absolute atomic E-state index is 13.0. The number of anilines is 2. The monoisotopic (exact) mass is 465 g/mol. The molecule has 2 N–H and O–H groups in total. The molecule has 1 aliphatic rings. The molecular weight excluding hydrogens is 434 g/mol. The van der Waals surface area contributed by atoms with Crippen molar-refractivity contribution in [3.63, 3.8) is 0 Å². The molecule has 0 radical (unpaired) electrons. The Morgan fingerprint density at radius 1 is 1.12 bits per heavy atom. The van der Waals surface area contributed by atoms with Gasteiger partial charge >= 0.3 is 11.8 Å². The molecule has 1 saturated heterocycles. The molecule has 0 bridgehead atoms. The van der Waals surface area contributed by atoms with Crippen molar-refractivity contribution in [2.45, 2.75) is 26.3 Å². The van der Waals surface area contributed by atoms with E-state index in [1.54, 1.807) is 27.7 Å². The summed E-state index contributed by atoms with van der Waals surface area (Å²) in [5.41, 5.74) is 3.53. The van der Waals surface area contributed by atoms with Crippen LogP contribution in [0.5, 0.6) is 0 Å². The number of nitrogens with zero attached hydrogens (tertiary/aromatic N) is 3. The minimum atomic E-state index is -0.414. The van der Waals surface area contributed by atoms with E-state index in [0.29, 0.717) is 49.4 Å². The van der Waals surface area contributed by atoms with Gasteiger partial charge in [-0.2, -0.15) is 0 Å². The fraction of sp³-hybridized carbons (Fsp3) is 0.400. The van der Waals surface area contributed by atoms with Crippen molar-refractivity contribution < 1.29 is 14.0 Å². The summed E-state index contributed by atoms with van der Waals surface area (Å²) >= 11 is 0. The third-order valence-corrected chi connectivity index (χ3v) is 6.05. The van der Waals surface area contributed by atoms with Crippen molar-refractivity contribution in [2.24, 2.45) is 5.92 Å². The van der Waals surface area contributed by atoms with Crippen molar-refractivity contribution in [3.05, 3.63) is 58.6 Å². The zero-order chi connectivity index (χ0) is 24.2. The van der Waals surface area contributed by atoms with E-state index in [0.717, 1.165) is 17.7 Å². The second-order valence-corrected chi connectivity index (χ2v) is 9.08. The van der Waals surface area contributed by atoms with Crippen LogP contribution in [0.1, 0.15) is 18.4 Å². The number of nitrogens with one attached hydrogen (secondary N) is 2. The molecule has 1 atom stereocenters. The SMILES string of the molecule is Cc1cccc(NC(=O)N2CCCC(C(=O)Nc3ccc4oc(=O)n(CCN(C)C)c4c3)C2)c1. The van der Waals surface area contributed by atoms with Gasteiger partial charge in [-0.05, 0) is 69.8 Å². The smallest absolute Gasteiger partial charge is 0.408 e. The minimum absolute atomic E-state index is 0.141. The Labute approximate surface area is 198 Å². The van der Waals surface area contributed by atoms with E-state index >= 15 is 0 Å². The van der Waals surface area contributed by atoms with Crippen molar-refractivity contribution in [1.82, 2.24) is 14.4 Å². The lowest BCUT2D eigenvalue weighted by molar-refractivity contribution is -0.121. The standard InChI is InChI=1S/C25H31N5O4/c1-17-6-4-8-19(14-17)27-24(32)29-11-5-7-18(16-29)23(31)26-20-9-10-22-21(15-20)30(25(33)34-22)13-12-28(2)3/h4,6,8-10,14-15,18H,5,7,11-13,16H2,1-3H3,(H,26,31)(H,27,32). The summed E-state index contributed by atoms with van der Waals surface area (Å²) in [5, 5.41) is 5.88. The number of benzene rings is 2. The summed E-state index contributed by atoms with van der Waals surface area (Å²) in [5.74, 6) is -0.867. The van der Waals surface area contributed by atoms with Crippen LogP contribution >= 0.6 is 0 Å². The van der Waals surface area contributed by atoms with E-state index in [2.05, 4.69) is 10.6 Å². The van der Waals surface area contributed by atoms with Gasteiger partial charge in [0.25, 0.3) is 0 Å². The number of aryl methyl sites for hydroxylation is 1. The van der Waals surface area contributed by atoms with Gasteiger partial charge in [0, 0.05) is 37.6 Å². The van der Waals surface area contributed by atoms with E-state index in [1.165, 1.54) is 0 Å². The number of rotatable bonds is 6. The highest BCUT2D eigenvalue weighted by Gasteiger charge is 2.28. The van der Waals surface area contributed by atoms with E-state index in [-0.39, 0.29) is 17.9 Å². The number of carbonyl (C=O) groups is 2. The van der Waals surface area contributed by atoms with Crippen molar-refractivity contribution in [2.75, 3.05) is 44.4 Å². The zero-order valence-electron chi connectivity index (χ0n) is 19.8. The Morgan fingerprint density at radius 2 is 1.91 bits per heavy atom. The maximum Gasteiger partial charge on any atom is 0.419 e. The molecule has 3 amide bonds. The largest absolute Gasteiger partial charge is 0.419 e. The van der Waals surface area contributed by atoms with Crippen molar-refractivity contribution >= 4 is 34.4 Å². The van der Waals surface area contributed by atoms with Crippen LogP contribution in [0.3, 0.4) is 0 Å². The number of fused-ring (bicyclic) bond motifs is 1. The van der Waals surface area contributed by atoms with Gasteiger partial charge in [-0.3, -0.25) is 9.36 Å². The summed E-state index contributed by atoms with van der Waals surface area (Å²) in [4.78, 5) is 41.7. The van der Waals surface area contributed by atoms with Crippen LogP contribution in [0.2, 0.25) is 0 Å². The summed E-state index contributed by atoms with van der Waals surface area (Å²) in [7, 11) is 3.88. The molecule has 0 saturated carbocycles. The molecule has 4 rings (SSSR count). The summed E-state index contributed by atoms with van der Waals surface area (Å²) in [6, 6.07) is 12.6. The number of likely N-dealkylation sites (tertiary alicyclic amines) is 1. The molecule has 9 heteroatoms. The Balaban J connectivity index is 1.42. The summed E-state index contributed by atoms with van der Waals surface area (Å²) < 4.78 is 6.90. The summed E-state index contributed by atoms with van der Waals surface area (Å²) in [6.45, 7) is 4.11. The number of piperidine rings is 1. The summed E-state index contributed by atoms with van der Waals surface area (Å²) in [6.07, 6.45) is 1.46. The Hall–Kier alpha value is -3.59. The highest BCUT2D eigenvalue weighted by atomic mass is 16.4. The highest BCUT2D eigenvalue weighted by molar-refractivity contribution is 5.95. The number of oxazole rings is 1. The number of amides is 3. The molecule has 1 fully saturated rings. The second kappa shape index (κ2) is 10.1. The van der Waals surface area contributed by atoms with E-state index in [9.17, 15) is 14.4 Å². The first kappa shape index (κ1) is 23.6. The fourth-order valence-corrected chi connectivity index (χ4v) is 4.20. The second-order valence-electron chi connectivity index (χ2n) is 9.08. The molecule has 2 aromatic carbocycles. The van der Waals surface area contributed by atoms with Crippen LogP contribution in [0.4, 0.5) is 16.2 Å². The number of carbonyl (C=O) groups excluding carboxylic acids is 2. The maximum atomic E-state index is 13.0. The Bertz CT molecular complexity index is 1250. The van der Waals surface area contributed by atoms with Crippen molar-refractivity contribution in [1.29, 1.82) is 0 Å². The molecule has 1 aliphatic heterocycles. The third-order valence-electron chi connectivity index (χ3n) is 6.05. The fourth-order valence-electron chi connectivity index (χ4n) is 4.20. The topological polar surface area (TPSA) is 99.8 Å². The van der Waals surface area contributed by atoms with E-state index in [1.807, 2.05) is 50.2 Å². The minimum Gasteiger partial charge on any atom is -0.408 e. The average Bonchev–Trinajstić information content (AvgIpc) is 3.12. The first-order valence-corrected chi connectivity index (χ1v) is 11.5. The first-order chi connectivity index (χ1) is 16.3. The normalized spacial score (nSPS) is 16.1. The predicted octanol–water partition coefficient (Wildman–Crippen LogP) is 3.35. The molecule has 3 aromatic rings. The van der Waals surface area contributed by atoms with Crippen LogP contribution in [0, 0.1) is 12.8 Å². The number of urea groups is 1. The lowest BCUT2D eigenvalue weighted by atomic mass is 9.97. The molecule has 1 aromatic heterocycles. The Morgan fingerprint density at radius 3 is 2.68 bits per heavy atom. The molecule has 34 heavy (non-hydrogen) atoms.